The van der Waals surface area contributed by atoms with Gasteiger partial charge < -0.3 is 4.74 Å². The maximum absolute atomic E-state index is 13.7. The van der Waals surface area contributed by atoms with Gasteiger partial charge in [-0.25, -0.2) is 14.2 Å². The van der Waals surface area contributed by atoms with E-state index in [9.17, 15) is 23.6 Å². The molecule has 2 saturated carbocycles. The van der Waals surface area contributed by atoms with E-state index in [1.165, 1.54) is 29.2 Å². The third-order valence-electron chi connectivity index (χ3n) is 9.44. The number of esters is 1. The maximum atomic E-state index is 13.7. The van der Waals surface area contributed by atoms with Crippen LogP contribution >= 0.6 is 59.4 Å². The van der Waals surface area contributed by atoms with Gasteiger partial charge in [-0.05, 0) is 78.9 Å². The standard InChI is InChI=1S/C35H25Br3ClFN2O5/c36-18-5-10-25-21(13-18)22(35(46)47-27(11-12-39)32(43)17-1-6-19(40)7-2-17)15-26(41-25)16-3-8-20(9-4-16)42-33(44)28-23-14-24(29(28)34(42)45)31(38)30(23)37/h1-10,13,15,23-24,27-31H,11-12,14H2. The molecule has 0 spiro atoms. The summed E-state index contributed by atoms with van der Waals surface area (Å²) in [7, 11) is 0. The molecular formula is C35H25Br3ClFN2O5. The monoisotopic (exact) mass is 844 g/mol. The largest absolute Gasteiger partial charge is 0.450 e. The fraction of sp³-hybridized carbons (Fsp3) is 0.286. The van der Waals surface area contributed by atoms with Crippen LogP contribution in [0.1, 0.15) is 33.6 Å². The van der Waals surface area contributed by atoms with E-state index in [-0.39, 0.29) is 68.6 Å². The van der Waals surface area contributed by atoms with Crippen molar-refractivity contribution < 1.29 is 28.3 Å². The number of amides is 2. The molecule has 3 aromatic carbocycles. The summed E-state index contributed by atoms with van der Waals surface area (Å²) in [6.07, 6.45) is -0.268. The third kappa shape index (κ3) is 5.66. The van der Waals surface area contributed by atoms with Gasteiger partial charge in [0.2, 0.25) is 17.6 Å². The first-order valence-electron chi connectivity index (χ1n) is 15.0. The van der Waals surface area contributed by atoms with E-state index in [4.69, 9.17) is 21.3 Å². The van der Waals surface area contributed by atoms with Gasteiger partial charge in [-0.3, -0.25) is 19.3 Å². The van der Waals surface area contributed by atoms with Crippen LogP contribution in [0.4, 0.5) is 10.1 Å². The Balaban J connectivity index is 1.19. The maximum Gasteiger partial charge on any atom is 0.339 e. The second kappa shape index (κ2) is 12.8. The first-order valence-corrected chi connectivity index (χ1v) is 18.2. The number of hydrogen-bond donors (Lipinski definition) is 0. The van der Waals surface area contributed by atoms with Gasteiger partial charge in [-0.2, -0.15) is 0 Å². The second-order valence-corrected chi connectivity index (χ2v) is 15.4. The van der Waals surface area contributed by atoms with Crippen molar-refractivity contribution >= 4 is 99.5 Å². The van der Waals surface area contributed by atoms with Crippen molar-refractivity contribution in [2.45, 2.75) is 28.6 Å². The number of Topliss-reactive ketones (excluding diaryl/α,β-unsaturated/α-hetero) is 1. The Morgan fingerprint density at radius 3 is 2.19 bits per heavy atom. The van der Waals surface area contributed by atoms with Crippen LogP contribution in [0.3, 0.4) is 0 Å². The summed E-state index contributed by atoms with van der Waals surface area (Å²) in [6, 6.07) is 18.9. The molecule has 47 heavy (non-hydrogen) atoms. The lowest BCUT2D eigenvalue weighted by atomic mass is 9.81. The molecule has 2 bridgehead atoms. The summed E-state index contributed by atoms with van der Waals surface area (Å²) in [5, 5.41) is 0.508. The number of ether oxygens (including phenoxy) is 1. The van der Waals surface area contributed by atoms with Crippen LogP contribution in [-0.4, -0.2) is 50.2 Å². The second-order valence-electron chi connectivity index (χ2n) is 12.0. The molecule has 2 heterocycles. The highest BCUT2D eigenvalue weighted by Gasteiger charge is 2.66. The zero-order valence-corrected chi connectivity index (χ0v) is 29.9. The number of anilines is 1. The smallest absolute Gasteiger partial charge is 0.339 e. The van der Waals surface area contributed by atoms with E-state index >= 15 is 0 Å². The molecule has 12 heteroatoms. The van der Waals surface area contributed by atoms with Crippen LogP contribution in [0.5, 0.6) is 0 Å². The predicted molar refractivity (Wildman–Crippen MR) is 187 cm³/mol. The molecule has 3 aliphatic rings. The Labute approximate surface area is 299 Å². The predicted octanol–water partition coefficient (Wildman–Crippen LogP) is 8.12. The van der Waals surface area contributed by atoms with Crippen LogP contribution in [0.25, 0.3) is 22.2 Å². The van der Waals surface area contributed by atoms with Crippen molar-refractivity contribution in [2.24, 2.45) is 23.7 Å². The highest BCUT2D eigenvalue weighted by molar-refractivity contribution is 9.12. The fourth-order valence-corrected chi connectivity index (χ4v) is 9.67. The fourth-order valence-electron chi connectivity index (χ4n) is 7.23. The molecule has 4 aromatic rings. The lowest BCUT2D eigenvalue weighted by Crippen LogP contribution is -2.37. The Hall–Kier alpha value is -2.99. The van der Waals surface area contributed by atoms with Crippen molar-refractivity contribution in [1.82, 2.24) is 4.98 Å². The first kappa shape index (κ1) is 32.6. The van der Waals surface area contributed by atoms with Crippen LogP contribution in [0.15, 0.2) is 77.3 Å². The molecule has 7 rings (SSSR count). The average Bonchev–Trinajstić information content (AvgIpc) is 3.68. The van der Waals surface area contributed by atoms with Gasteiger partial charge in [0.25, 0.3) is 0 Å². The minimum absolute atomic E-state index is 0.0589. The molecule has 7 atom stereocenters. The Morgan fingerprint density at radius 2 is 1.57 bits per heavy atom. The average molecular weight is 848 g/mol. The molecule has 0 N–H and O–H groups in total. The van der Waals surface area contributed by atoms with E-state index < -0.39 is 23.7 Å². The van der Waals surface area contributed by atoms with Gasteiger partial charge in [0, 0.05) is 42.9 Å². The van der Waals surface area contributed by atoms with Gasteiger partial charge in [0.15, 0.2) is 6.10 Å². The third-order valence-corrected chi connectivity index (χ3v) is 13.4. The molecular weight excluding hydrogens is 823 g/mol. The number of alkyl halides is 3. The number of pyridine rings is 1. The zero-order chi connectivity index (χ0) is 33.1. The molecule has 2 aliphatic carbocycles. The number of halogens is 5. The van der Waals surface area contributed by atoms with Crippen LogP contribution < -0.4 is 4.90 Å². The van der Waals surface area contributed by atoms with E-state index in [2.05, 4.69) is 47.8 Å². The number of rotatable bonds is 8. The van der Waals surface area contributed by atoms with Crippen LogP contribution in [0, 0.1) is 29.5 Å². The summed E-state index contributed by atoms with van der Waals surface area (Å²) < 4.78 is 19.9. The number of carbonyl (C=O) groups excluding carboxylic acids is 4. The lowest BCUT2D eigenvalue weighted by Gasteiger charge is -2.28. The van der Waals surface area contributed by atoms with E-state index in [0.29, 0.717) is 32.3 Å². The summed E-state index contributed by atoms with van der Waals surface area (Å²) in [4.78, 5) is 60.4. The number of benzene rings is 3. The summed E-state index contributed by atoms with van der Waals surface area (Å²) >= 11 is 16.9. The SMILES string of the molecule is O=C(OC(CCCl)C(=O)c1ccc(F)cc1)c1cc(-c2ccc(N3C(=O)C4C5CC(C(Br)C5Br)C4C3=O)cc2)nc2ccc(Br)cc12. The lowest BCUT2D eigenvalue weighted by molar-refractivity contribution is -0.123. The Morgan fingerprint density at radius 1 is 0.936 bits per heavy atom. The molecule has 2 amide bonds. The van der Waals surface area contributed by atoms with Gasteiger partial charge in [0.1, 0.15) is 5.82 Å². The molecule has 240 valence electrons. The van der Waals surface area contributed by atoms with Crippen molar-refractivity contribution in [1.29, 1.82) is 0 Å². The molecule has 0 radical (unpaired) electrons. The van der Waals surface area contributed by atoms with E-state index in [1.54, 1.807) is 48.5 Å². The molecule has 1 saturated heterocycles. The van der Waals surface area contributed by atoms with Crippen LogP contribution in [-0.2, 0) is 14.3 Å². The number of nitrogens with zero attached hydrogens (tertiary/aromatic N) is 2. The highest BCUT2D eigenvalue weighted by Crippen LogP contribution is 2.60. The minimum Gasteiger partial charge on any atom is -0.450 e. The van der Waals surface area contributed by atoms with Gasteiger partial charge in [-0.1, -0.05) is 59.9 Å². The topological polar surface area (TPSA) is 93.6 Å². The summed E-state index contributed by atoms with van der Waals surface area (Å²) in [5.74, 6) is -2.40. The molecule has 7 unspecified atom stereocenters. The quantitative estimate of drug-likeness (QED) is 0.0771. The van der Waals surface area contributed by atoms with Crippen molar-refractivity contribution in [3.63, 3.8) is 0 Å². The van der Waals surface area contributed by atoms with Crippen molar-refractivity contribution in [3.8, 4) is 11.3 Å². The summed E-state index contributed by atoms with van der Waals surface area (Å²) in [6.45, 7) is 0. The van der Waals surface area contributed by atoms with Gasteiger partial charge >= 0.3 is 5.97 Å². The number of hydrogen-bond acceptors (Lipinski definition) is 6. The first-order chi connectivity index (χ1) is 22.6. The Kier molecular flexibility index (Phi) is 8.86. The normalized spacial score (nSPS) is 25.3. The number of fused-ring (bicyclic) bond motifs is 6. The number of ketones is 1. The van der Waals surface area contributed by atoms with Gasteiger partial charge in [-0.15, -0.1) is 11.6 Å². The Bertz CT molecular complexity index is 1910. The number of aromatic nitrogens is 1. The molecule has 1 aliphatic heterocycles. The molecule has 7 nitrogen and oxygen atoms in total. The van der Waals surface area contributed by atoms with Crippen LogP contribution in [0.2, 0.25) is 0 Å². The van der Waals surface area contributed by atoms with Crippen molar-refractivity contribution in [3.05, 3.63) is 94.2 Å². The van der Waals surface area contributed by atoms with Gasteiger partial charge in [0.05, 0.1) is 34.3 Å². The van der Waals surface area contributed by atoms with E-state index in [0.717, 1.165) is 6.42 Å². The number of imide groups is 1. The summed E-state index contributed by atoms with van der Waals surface area (Å²) in [5.41, 5.74) is 2.49. The zero-order valence-electron chi connectivity index (χ0n) is 24.4. The molecule has 3 fully saturated rings. The molecule has 1 aromatic heterocycles. The minimum atomic E-state index is -1.19. The highest BCUT2D eigenvalue weighted by atomic mass is 79.9. The van der Waals surface area contributed by atoms with E-state index in [1.807, 2.05) is 0 Å². The number of carbonyl (C=O) groups is 4. The van der Waals surface area contributed by atoms with Crippen molar-refractivity contribution in [2.75, 3.05) is 10.8 Å².